The van der Waals surface area contributed by atoms with Crippen LogP contribution >= 0.6 is 0 Å². The van der Waals surface area contributed by atoms with E-state index >= 15 is 0 Å². The van der Waals surface area contributed by atoms with Gasteiger partial charge in [0.05, 0.1) is 47.2 Å². The summed E-state index contributed by atoms with van der Waals surface area (Å²) in [7, 11) is 7.39. The monoisotopic (exact) mass is 519 g/mol. The Hall–Kier alpha value is -4.66. The van der Waals surface area contributed by atoms with Crippen molar-refractivity contribution in [2.45, 2.75) is 13.0 Å². The minimum Gasteiger partial charge on any atom is -0.507 e. The van der Waals surface area contributed by atoms with E-state index < -0.39 is 17.7 Å². The molecule has 1 heterocycles. The van der Waals surface area contributed by atoms with Crippen LogP contribution in [0.2, 0.25) is 0 Å². The molecule has 1 fully saturated rings. The zero-order chi connectivity index (χ0) is 27.6. The van der Waals surface area contributed by atoms with E-state index in [4.69, 9.17) is 23.7 Å². The smallest absolute Gasteiger partial charge is 0.300 e. The molecule has 1 saturated heterocycles. The molecule has 3 aromatic carbocycles. The van der Waals surface area contributed by atoms with Gasteiger partial charge in [0.25, 0.3) is 11.7 Å². The lowest BCUT2D eigenvalue weighted by Crippen LogP contribution is -2.29. The predicted octanol–water partition coefficient (Wildman–Crippen LogP) is 4.66. The summed E-state index contributed by atoms with van der Waals surface area (Å²) in [5.41, 5.74) is 2.05. The molecule has 1 N–H and O–H groups in total. The molecule has 1 atom stereocenters. The first-order valence-electron chi connectivity index (χ1n) is 11.7. The molecule has 0 spiro atoms. The number of nitrogens with zero attached hydrogens (tertiary/aromatic N) is 1. The van der Waals surface area contributed by atoms with Crippen molar-refractivity contribution in [3.05, 3.63) is 76.9 Å². The highest BCUT2D eigenvalue weighted by atomic mass is 16.5. The molecule has 0 aliphatic carbocycles. The number of benzene rings is 3. The van der Waals surface area contributed by atoms with Gasteiger partial charge in [0.15, 0.2) is 23.0 Å². The van der Waals surface area contributed by atoms with Crippen LogP contribution in [0.5, 0.6) is 28.7 Å². The van der Waals surface area contributed by atoms with Gasteiger partial charge in [-0.15, -0.1) is 0 Å². The van der Waals surface area contributed by atoms with Crippen molar-refractivity contribution in [2.24, 2.45) is 0 Å². The predicted molar refractivity (Wildman–Crippen MR) is 142 cm³/mol. The second-order valence-electron chi connectivity index (χ2n) is 8.54. The minimum atomic E-state index is -1.00. The Bertz CT molecular complexity index is 1400. The fraction of sp³-hybridized carbons (Fsp3) is 0.241. The number of ketones is 1. The average molecular weight is 520 g/mol. The van der Waals surface area contributed by atoms with E-state index in [0.29, 0.717) is 40.0 Å². The summed E-state index contributed by atoms with van der Waals surface area (Å²) in [4.78, 5) is 28.4. The Morgan fingerprint density at radius 2 is 1.39 bits per heavy atom. The van der Waals surface area contributed by atoms with Crippen LogP contribution in [0.3, 0.4) is 0 Å². The summed E-state index contributed by atoms with van der Waals surface area (Å²) < 4.78 is 27.2. The lowest BCUT2D eigenvalue weighted by atomic mass is 9.94. The number of carbonyl (C=O) groups is 2. The fourth-order valence-corrected chi connectivity index (χ4v) is 4.59. The highest BCUT2D eigenvalue weighted by molar-refractivity contribution is 6.51. The highest BCUT2D eigenvalue weighted by Gasteiger charge is 2.47. The first-order valence-corrected chi connectivity index (χ1v) is 11.7. The summed E-state index contributed by atoms with van der Waals surface area (Å²) in [6, 6.07) is 14.3. The first-order chi connectivity index (χ1) is 18.3. The van der Waals surface area contributed by atoms with E-state index in [2.05, 4.69) is 0 Å². The number of aliphatic hydroxyl groups excluding tert-OH is 1. The van der Waals surface area contributed by atoms with E-state index in [0.717, 1.165) is 5.56 Å². The third kappa shape index (κ3) is 4.47. The number of methoxy groups -OCH3 is 5. The molecule has 1 unspecified atom stereocenters. The molecule has 3 aromatic rings. The van der Waals surface area contributed by atoms with Crippen LogP contribution in [-0.2, 0) is 9.59 Å². The number of carbonyl (C=O) groups excluding carboxylic acids is 2. The van der Waals surface area contributed by atoms with E-state index in [1.165, 1.54) is 40.4 Å². The number of hydrogen-bond acceptors (Lipinski definition) is 8. The van der Waals surface area contributed by atoms with Crippen molar-refractivity contribution >= 4 is 23.1 Å². The van der Waals surface area contributed by atoms with Crippen LogP contribution in [0, 0.1) is 6.92 Å². The third-order valence-corrected chi connectivity index (χ3v) is 6.38. The molecule has 1 aliphatic rings. The Morgan fingerprint density at radius 1 is 0.763 bits per heavy atom. The summed E-state index contributed by atoms with van der Waals surface area (Å²) >= 11 is 0. The first kappa shape index (κ1) is 26.4. The van der Waals surface area contributed by atoms with Gasteiger partial charge in [0.1, 0.15) is 5.76 Å². The molecule has 0 saturated carbocycles. The SMILES string of the molecule is COc1ccc(/C(O)=C2\C(=O)C(=O)N(c3cccc(C)c3)C2c2cc(OC)c(OC)c(OC)c2)cc1OC. The Balaban J connectivity index is 2.02. The van der Waals surface area contributed by atoms with Crippen molar-refractivity contribution in [3.63, 3.8) is 0 Å². The molecule has 0 bridgehead atoms. The number of amides is 1. The fourth-order valence-electron chi connectivity index (χ4n) is 4.59. The van der Waals surface area contributed by atoms with Crippen LogP contribution in [-0.4, -0.2) is 52.3 Å². The van der Waals surface area contributed by atoms with Crippen LogP contribution < -0.4 is 28.6 Å². The quantitative estimate of drug-likeness (QED) is 0.260. The number of hydrogen-bond donors (Lipinski definition) is 1. The summed E-state index contributed by atoms with van der Waals surface area (Å²) in [6.45, 7) is 1.89. The molecule has 0 aromatic heterocycles. The van der Waals surface area contributed by atoms with Crippen LogP contribution in [0.15, 0.2) is 60.2 Å². The highest BCUT2D eigenvalue weighted by Crippen LogP contribution is 2.47. The number of ether oxygens (including phenoxy) is 5. The van der Waals surface area contributed by atoms with Gasteiger partial charge in [-0.1, -0.05) is 12.1 Å². The van der Waals surface area contributed by atoms with Crippen LogP contribution in [0.4, 0.5) is 5.69 Å². The molecule has 4 rings (SSSR count). The molecule has 198 valence electrons. The minimum absolute atomic E-state index is 0.0991. The lowest BCUT2D eigenvalue weighted by molar-refractivity contribution is -0.132. The van der Waals surface area contributed by atoms with Crippen LogP contribution in [0.25, 0.3) is 5.76 Å². The normalized spacial score (nSPS) is 16.4. The molecule has 9 nitrogen and oxygen atoms in total. The van der Waals surface area contributed by atoms with Gasteiger partial charge < -0.3 is 28.8 Å². The molecule has 9 heteroatoms. The van der Waals surface area contributed by atoms with Crippen molar-refractivity contribution in [1.82, 2.24) is 0 Å². The van der Waals surface area contributed by atoms with Gasteiger partial charge in [-0.3, -0.25) is 14.5 Å². The van der Waals surface area contributed by atoms with Gasteiger partial charge in [-0.2, -0.15) is 0 Å². The maximum Gasteiger partial charge on any atom is 0.300 e. The zero-order valence-corrected chi connectivity index (χ0v) is 22.0. The van der Waals surface area contributed by atoms with Crippen molar-refractivity contribution < 1.29 is 38.4 Å². The number of rotatable bonds is 8. The zero-order valence-electron chi connectivity index (χ0n) is 22.0. The maximum atomic E-state index is 13.5. The van der Waals surface area contributed by atoms with Gasteiger partial charge in [-0.05, 0) is 60.5 Å². The van der Waals surface area contributed by atoms with E-state index in [1.54, 1.807) is 48.5 Å². The number of Topliss-reactive ketones (excluding diaryl/α,β-unsaturated/α-hetero) is 1. The molecular formula is C29H29NO8. The average Bonchev–Trinajstić information content (AvgIpc) is 3.21. The van der Waals surface area contributed by atoms with Crippen molar-refractivity contribution in [1.29, 1.82) is 0 Å². The Morgan fingerprint density at radius 3 is 1.95 bits per heavy atom. The van der Waals surface area contributed by atoms with Gasteiger partial charge in [-0.25, -0.2) is 0 Å². The third-order valence-electron chi connectivity index (χ3n) is 6.38. The summed E-state index contributed by atoms with van der Waals surface area (Å²) in [5, 5.41) is 11.5. The number of anilines is 1. The standard InChI is InChI=1S/C29H29NO8/c1-16-8-7-9-19(12-16)30-25(18-14-22(36-4)28(38-6)23(15-18)37-5)24(27(32)29(30)33)26(31)17-10-11-20(34-2)21(13-17)35-3/h7-15,25,31H,1-6H3/b26-24+. The molecular weight excluding hydrogens is 490 g/mol. The number of aliphatic hydroxyl groups is 1. The van der Waals surface area contributed by atoms with Gasteiger partial charge in [0.2, 0.25) is 5.75 Å². The van der Waals surface area contributed by atoms with Crippen molar-refractivity contribution in [3.8, 4) is 28.7 Å². The summed E-state index contributed by atoms with van der Waals surface area (Å²) in [5.74, 6) is -0.150. The lowest BCUT2D eigenvalue weighted by Gasteiger charge is -2.27. The van der Waals surface area contributed by atoms with Gasteiger partial charge >= 0.3 is 0 Å². The van der Waals surface area contributed by atoms with E-state index in [1.807, 2.05) is 13.0 Å². The Labute approximate surface area is 220 Å². The second-order valence-corrected chi connectivity index (χ2v) is 8.54. The molecule has 38 heavy (non-hydrogen) atoms. The number of aryl methyl sites for hydroxylation is 1. The maximum absolute atomic E-state index is 13.5. The molecule has 1 amide bonds. The van der Waals surface area contributed by atoms with Crippen molar-refractivity contribution in [2.75, 3.05) is 40.4 Å². The molecule has 0 radical (unpaired) electrons. The van der Waals surface area contributed by atoms with Gasteiger partial charge in [0, 0.05) is 11.3 Å². The van der Waals surface area contributed by atoms with Crippen LogP contribution in [0.1, 0.15) is 22.7 Å². The molecule has 1 aliphatic heterocycles. The summed E-state index contributed by atoms with van der Waals surface area (Å²) in [6.07, 6.45) is 0. The van der Waals surface area contributed by atoms with E-state index in [9.17, 15) is 14.7 Å². The topological polar surface area (TPSA) is 104 Å². The largest absolute Gasteiger partial charge is 0.507 e. The Kier molecular flexibility index (Phi) is 7.47. The second kappa shape index (κ2) is 10.8. The van der Waals surface area contributed by atoms with E-state index in [-0.39, 0.29) is 16.9 Å².